The first kappa shape index (κ1) is 7.73. The van der Waals surface area contributed by atoms with Gasteiger partial charge in [0, 0.05) is 6.42 Å². The Labute approximate surface area is 62.0 Å². The van der Waals surface area contributed by atoms with Crippen molar-refractivity contribution in [2.24, 2.45) is 0 Å². The average molecular weight is 141 g/mol. The maximum Gasteiger partial charge on any atom is 0.152 e. The van der Waals surface area contributed by atoms with Crippen LogP contribution in [0.1, 0.15) is 33.1 Å². The summed E-state index contributed by atoms with van der Waals surface area (Å²) in [7, 11) is 0. The predicted octanol–water partition coefficient (Wildman–Crippen LogP) is 1.11. The molecule has 0 aromatic rings. The Kier molecular flexibility index (Phi) is 2.09. The summed E-state index contributed by atoms with van der Waals surface area (Å²) < 4.78 is 0. The minimum atomic E-state index is -0.186. The van der Waals surface area contributed by atoms with Crippen LogP contribution in [-0.4, -0.2) is 17.9 Å². The number of carbonyl (C=O) groups excluding carboxylic acids is 1. The number of Topliss-reactive ketones (excluding diaryl/α,β-unsaturated/α-hetero) is 1. The number of ketones is 1. The second-order valence-corrected chi connectivity index (χ2v) is 3.14. The molecule has 0 saturated carbocycles. The fraction of sp³-hybridized carbons (Fsp3) is 0.875. The van der Waals surface area contributed by atoms with Crippen LogP contribution in [0.2, 0.25) is 0 Å². The highest BCUT2D eigenvalue weighted by molar-refractivity contribution is 5.87. The van der Waals surface area contributed by atoms with Crippen molar-refractivity contribution in [1.82, 2.24) is 5.32 Å². The van der Waals surface area contributed by atoms with Gasteiger partial charge in [0.05, 0.1) is 5.54 Å². The summed E-state index contributed by atoms with van der Waals surface area (Å²) in [6, 6.07) is 0. The molecular formula is C8H15NO. The van der Waals surface area contributed by atoms with Gasteiger partial charge in [-0.3, -0.25) is 4.79 Å². The molecule has 0 aliphatic carbocycles. The Morgan fingerprint density at radius 3 is 2.80 bits per heavy atom. The second-order valence-electron chi connectivity index (χ2n) is 3.14. The van der Waals surface area contributed by atoms with Gasteiger partial charge in [-0.2, -0.15) is 0 Å². The molecule has 0 radical (unpaired) electrons. The second kappa shape index (κ2) is 2.70. The van der Waals surface area contributed by atoms with Crippen molar-refractivity contribution in [3.63, 3.8) is 0 Å². The largest absolute Gasteiger partial charge is 0.305 e. The average Bonchev–Trinajstić information content (AvgIpc) is 2.36. The molecule has 0 unspecified atom stereocenters. The zero-order valence-electron chi connectivity index (χ0n) is 6.74. The molecule has 1 N–H and O–H groups in total. The van der Waals surface area contributed by atoms with Crippen molar-refractivity contribution in [2.45, 2.75) is 38.6 Å². The highest BCUT2D eigenvalue weighted by Gasteiger charge is 2.33. The van der Waals surface area contributed by atoms with Crippen LogP contribution in [0.5, 0.6) is 0 Å². The van der Waals surface area contributed by atoms with E-state index in [0.29, 0.717) is 12.2 Å². The molecule has 0 aromatic carbocycles. The van der Waals surface area contributed by atoms with Gasteiger partial charge < -0.3 is 5.32 Å². The van der Waals surface area contributed by atoms with E-state index < -0.39 is 0 Å². The van der Waals surface area contributed by atoms with E-state index in [4.69, 9.17) is 0 Å². The topological polar surface area (TPSA) is 29.1 Å². The van der Waals surface area contributed by atoms with Gasteiger partial charge in [-0.15, -0.1) is 0 Å². The quantitative estimate of drug-likeness (QED) is 0.624. The molecule has 58 valence electrons. The van der Waals surface area contributed by atoms with Crippen molar-refractivity contribution >= 4 is 5.78 Å². The minimum absolute atomic E-state index is 0.186. The Morgan fingerprint density at radius 2 is 2.40 bits per heavy atom. The number of hydrogen-bond donors (Lipinski definition) is 1. The first-order valence-electron chi connectivity index (χ1n) is 3.97. The summed E-state index contributed by atoms with van der Waals surface area (Å²) in [5.41, 5.74) is -0.186. The molecular weight excluding hydrogens is 126 g/mol. The Hall–Kier alpha value is -0.370. The predicted molar refractivity (Wildman–Crippen MR) is 40.9 cm³/mol. The van der Waals surface area contributed by atoms with Crippen LogP contribution in [0.3, 0.4) is 0 Å². The Bertz CT molecular complexity index is 136. The van der Waals surface area contributed by atoms with Gasteiger partial charge in [-0.25, -0.2) is 0 Å². The summed E-state index contributed by atoms with van der Waals surface area (Å²) in [5, 5.41) is 3.23. The standard InChI is InChI=1S/C8H15NO/c1-3-7(10)8(2)5-4-6-9-8/h9H,3-6H2,1-2H3/t8-/m0/s1. The molecule has 1 heterocycles. The maximum atomic E-state index is 11.3. The third kappa shape index (κ3) is 1.21. The molecule has 0 spiro atoms. The summed E-state index contributed by atoms with van der Waals surface area (Å²) in [6.07, 6.45) is 2.81. The van der Waals surface area contributed by atoms with Gasteiger partial charge in [-0.05, 0) is 26.3 Å². The lowest BCUT2D eigenvalue weighted by Gasteiger charge is -2.21. The monoisotopic (exact) mass is 141 g/mol. The third-order valence-electron chi connectivity index (χ3n) is 2.31. The van der Waals surface area contributed by atoms with E-state index in [9.17, 15) is 4.79 Å². The number of hydrogen-bond acceptors (Lipinski definition) is 2. The normalized spacial score (nSPS) is 32.6. The van der Waals surface area contributed by atoms with Gasteiger partial charge >= 0.3 is 0 Å². The molecule has 0 amide bonds. The SMILES string of the molecule is CCC(=O)[C@]1(C)CCCN1. The van der Waals surface area contributed by atoms with E-state index in [1.54, 1.807) is 0 Å². The molecule has 2 heteroatoms. The third-order valence-corrected chi connectivity index (χ3v) is 2.31. The van der Waals surface area contributed by atoms with Crippen LogP contribution < -0.4 is 5.32 Å². The fourth-order valence-electron chi connectivity index (χ4n) is 1.52. The number of nitrogens with one attached hydrogen (secondary N) is 1. The van der Waals surface area contributed by atoms with Gasteiger partial charge in [0.15, 0.2) is 5.78 Å². The van der Waals surface area contributed by atoms with E-state index in [1.807, 2.05) is 13.8 Å². The van der Waals surface area contributed by atoms with Gasteiger partial charge in [0.25, 0.3) is 0 Å². The Morgan fingerprint density at radius 1 is 1.70 bits per heavy atom. The molecule has 1 aliphatic heterocycles. The van der Waals surface area contributed by atoms with E-state index in [2.05, 4.69) is 5.32 Å². The molecule has 0 aromatic heterocycles. The number of rotatable bonds is 2. The minimum Gasteiger partial charge on any atom is -0.305 e. The van der Waals surface area contributed by atoms with E-state index in [-0.39, 0.29) is 5.54 Å². The van der Waals surface area contributed by atoms with Crippen LogP contribution in [0.4, 0.5) is 0 Å². The Balaban J connectivity index is 2.58. The van der Waals surface area contributed by atoms with E-state index in [0.717, 1.165) is 19.4 Å². The van der Waals surface area contributed by atoms with Crippen LogP contribution in [-0.2, 0) is 4.79 Å². The summed E-state index contributed by atoms with van der Waals surface area (Å²) in [4.78, 5) is 11.3. The van der Waals surface area contributed by atoms with Crippen molar-refractivity contribution in [3.05, 3.63) is 0 Å². The zero-order chi connectivity index (χ0) is 7.61. The smallest absolute Gasteiger partial charge is 0.152 e. The van der Waals surface area contributed by atoms with Gasteiger partial charge in [0.1, 0.15) is 0 Å². The van der Waals surface area contributed by atoms with Crippen molar-refractivity contribution in [2.75, 3.05) is 6.54 Å². The van der Waals surface area contributed by atoms with E-state index in [1.165, 1.54) is 0 Å². The molecule has 1 saturated heterocycles. The van der Waals surface area contributed by atoms with Crippen LogP contribution in [0.25, 0.3) is 0 Å². The molecule has 10 heavy (non-hydrogen) atoms. The molecule has 1 fully saturated rings. The first-order chi connectivity index (χ1) is 4.69. The highest BCUT2D eigenvalue weighted by atomic mass is 16.1. The number of carbonyl (C=O) groups is 1. The molecule has 0 bridgehead atoms. The van der Waals surface area contributed by atoms with Crippen LogP contribution in [0, 0.1) is 0 Å². The van der Waals surface area contributed by atoms with Crippen molar-refractivity contribution in [1.29, 1.82) is 0 Å². The fourth-order valence-corrected chi connectivity index (χ4v) is 1.52. The van der Waals surface area contributed by atoms with Crippen LogP contribution >= 0.6 is 0 Å². The van der Waals surface area contributed by atoms with Crippen LogP contribution in [0.15, 0.2) is 0 Å². The first-order valence-corrected chi connectivity index (χ1v) is 3.97. The maximum absolute atomic E-state index is 11.3. The molecule has 1 atom stereocenters. The lowest BCUT2D eigenvalue weighted by Crippen LogP contribution is -2.44. The lowest BCUT2D eigenvalue weighted by molar-refractivity contribution is -0.124. The molecule has 1 rings (SSSR count). The van der Waals surface area contributed by atoms with E-state index >= 15 is 0 Å². The van der Waals surface area contributed by atoms with Crippen molar-refractivity contribution < 1.29 is 4.79 Å². The highest BCUT2D eigenvalue weighted by Crippen LogP contribution is 2.20. The van der Waals surface area contributed by atoms with Crippen molar-refractivity contribution in [3.8, 4) is 0 Å². The summed E-state index contributed by atoms with van der Waals surface area (Å²) in [6.45, 7) is 4.93. The zero-order valence-corrected chi connectivity index (χ0v) is 6.74. The van der Waals surface area contributed by atoms with Gasteiger partial charge in [0.2, 0.25) is 0 Å². The van der Waals surface area contributed by atoms with Gasteiger partial charge in [-0.1, -0.05) is 6.92 Å². The molecule has 2 nitrogen and oxygen atoms in total. The molecule has 1 aliphatic rings. The lowest BCUT2D eigenvalue weighted by atomic mass is 9.93. The summed E-state index contributed by atoms with van der Waals surface area (Å²) in [5.74, 6) is 0.352. The summed E-state index contributed by atoms with van der Waals surface area (Å²) >= 11 is 0.